The lowest BCUT2D eigenvalue weighted by molar-refractivity contribution is 0.101. The predicted molar refractivity (Wildman–Crippen MR) is 67.5 cm³/mol. The lowest BCUT2D eigenvalue weighted by Gasteiger charge is -2.30. The normalized spacial score (nSPS) is 14.3. The molecule has 0 amide bonds. The summed E-state index contributed by atoms with van der Waals surface area (Å²) < 4.78 is 15.8. The summed E-state index contributed by atoms with van der Waals surface area (Å²) in [5, 5.41) is 7.87. The minimum atomic E-state index is -0.475. The number of halogens is 1. The van der Waals surface area contributed by atoms with Crippen LogP contribution in [0.4, 0.5) is 10.1 Å². The topological polar surface area (TPSA) is 51.0 Å². The van der Waals surface area contributed by atoms with Gasteiger partial charge < -0.3 is 9.47 Å². The van der Waals surface area contributed by atoms with Gasteiger partial charge in [-0.3, -0.25) is 4.79 Å². The molecule has 2 heterocycles. The van der Waals surface area contributed by atoms with Crippen molar-refractivity contribution in [3.63, 3.8) is 0 Å². The van der Waals surface area contributed by atoms with E-state index in [0.717, 1.165) is 12.4 Å². The molecule has 0 N–H and O–H groups in total. The van der Waals surface area contributed by atoms with Crippen molar-refractivity contribution in [2.45, 2.75) is 20.0 Å². The van der Waals surface area contributed by atoms with Gasteiger partial charge in [-0.15, -0.1) is 10.2 Å². The van der Waals surface area contributed by atoms with Crippen molar-refractivity contribution in [1.82, 2.24) is 14.8 Å². The van der Waals surface area contributed by atoms with Gasteiger partial charge in [0.2, 0.25) is 0 Å². The lowest BCUT2D eigenvalue weighted by Crippen LogP contribution is -2.34. The number of ketones is 1. The van der Waals surface area contributed by atoms with Crippen LogP contribution in [0, 0.1) is 5.82 Å². The molecule has 0 spiro atoms. The van der Waals surface area contributed by atoms with Gasteiger partial charge in [-0.05, 0) is 19.1 Å². The van der Waals surface area contributed by atoms with Gasteiger partial charge in [0, 0.05) is 13.1 Å². The first-order chi connectivity index (χ1) is 9.16. The highest BCUT2D eigenvalue weighted by Gasteiger charge is 2.22. The van der Waals surface area contributed by atoms with Crippen molar-refractivity contribution in [3.8, 4) is 0 Å². The van der Waals surface area contributed by atoms with Gasteiger partial charge in [0.1, 0.15) is 12.1 Å². The Morgan fingerprint density at radius 3 is 3.00 bits per heavy atom. The van der Waals surface area contributed by atoms with Crippen molar-refractivity contribution in [2.24, 2.45) is 0 Å². The molecule has 0 bridgehead atoms. The second-order valence-electron chi connectivity index (χ2n) is 4.55. The highest BCUT2D eigenvalue weighted by Crippen LogP contribution is 2.26. The first kappa shape index (κ1) is 11.8. The molecule has 1 aliphatic heterocycles. The van der Waals surface area contributed by atoms with Crippen LogP contribution in [0.3, 0.4) is 0 Å². The molecule has 5 nitrogen and oxygen atoms in total. The van der Waals surface area contributed by atoms with Gasteiger partial charge in [-0.1, -0.05) is 6.07 Å². The molecule has 1 aliphatic rings. The van der Waals surface area contributed by atoms with Crippen LogP contribution in [0.5, 0.6) is 0 Å². The number of Topliss-reactive ketones (excluding diaryl/α,β-unsaturated/α-hetero) is 1. The van der Waals surface area contributed by atoms with Crippen LogP contribution in [-0.4, -0.2) is 27.1 Å². The molecule has 0 saturated carbocycles. The zero-order valence-electron chi connectivity index (χ0n) is 10.5. The molecule has 19 heavy (non-hydrogen) atoms. The maximum atomic E-state index is 13.8. The van der Waals surface area contributed by atoms with E-state index >= 15 is 0 Å². The van der Waals surface area contributed by atoms with Crippen molar-refractivity contribution >= 4 is 11.5 Å². The Kier molecular flexibility index (Phi) is 2.77. The summed E-state index contributed by atoms with van der Waals surface area (Å²) >= 11 is 0. The lowest BCUT2D eigenvalue weighted by atomic mass is 10.1. The van der Waals surface area contributed by atoms with E-state index in [1.807, 2.05) is 9.47 Å². The number of fused-ring (bicyclic) bond motifs is 1. The summed E-state index contributed by atoms with van der Waals surface area (Å²) in [6.45, 7) is 3.35. The number of rotatable bonds is 2. The van der Waals surface area contributed by atoms with E-state index in [2.05, 4.69) is 10.2 Å². The molecular formula is C13H13FN4O. The number of nitrogens with zero attached hydrogens (tertiary/aromatic N) is 4. The SMILES string of the molecule is CC(=O)c1c(F)cccc1N1CCn2cnnc2C1. The van der Waals surface area contributed by atoms with E-state index in [-0.39, 0.29) is 11.3 Å². The van der Waals surface area contributed by atoms with Gasteiger partial charge in [-0.2, -0.15) is 0 Å². The van der Waals surface area contributed by atoms with Crippen molar-refractivity contribution in [2.75, 3.05) is 11.4 Å². The molecule has 1 aromatic carbocycles. The van der Waals surface area contributed by atoms with Gasteiger partial charge in [0.05, 0.1) is 17.8 Å². The van der Waals surface area contributed by atoms with E-state index in [9.17, 15) is 9.18 Å². The third-order valence-corrected chi connectivity index (χ3v) is 3.32. The molecule has 98 valence electrons. The maximum Gasteiger partial charge on any atom is 0.164 e. The van der Waals surface area contributed by atoms with Crippen molar-refractivity contribution in [1.29, 1.82) is 0 Å². The Labute approximate surface area is 109 Å². The molecule has 0 saturated heterocycles. The highest BCUT2D eigenvalue weighted by atomic mass is 19.1. The molecule has 0 fully saturated rings. The van der Waals surface area contributed by atoms with Gasteiger partial charge in [-0.25, -0.2) is 4.39 Å². The average Bonchev–Trinajstić information content (AvgIpc) is 2.85. The Morgan fingerprint density at radius 2 is 2.21 bits per heavy atom. The Balaban J connectivity index is 2.00. The third kappa shape index (κ3) is 1.99. The second-order valence-corrected chi connectivity index (χ2v) is 4.55. The van der Waals surface area contributed by atoms with Gasteiger partial charge in [0.25, 0.3) is 0 Å². The monoisotopic (exact) mass is 260 g/mol. The van der Waals surface area contributed by atoms with E-state index in [1.54, 1.807) is 18.5 Å². The summed E-state index contributed by atoms with van der Waals surface area (Å²) in [4.78, 5) is 13.6. The fourth-order valence-electron chi connectivity index (χ4n) is 2.40. The zero-order chi connectivity index (χ0) is 13.4. The number of benzene rings is 1. The zero-order valence-corrected chi connectivity index (χ0v) is 10.5. The van der Waals surface area contributed by atoms with Crippen LogP contribution in [-0.2, 0) is 13.1 Å². The summed E-state index contributed by atoms with van der Waals surface area (Å²) in [5.74, 6) is 0.0854. The largest absolute Gasteiger partial charge is 0.362 e. The fraction of sp³-hybridized carbons (Fsp3) is 0.308. The minimum absolute atomic E-state index is 0.149. The molecule has 2 aromatic rings. The summed E-state index contributed by atoms with van der Waals surface area (Å²) in [6.07, 6.45) is 1.68. The molecule has 0 unspecified atom stereocenters. The molecule has 0 atom stereocenters. The molecule has 6 heteroatoms. The molecule has 1 aromatic heterocycles. The summed E-state index contributed by atoms with van der Waals surface area (Å²) in [5.41, 5.74) is 0.775. The van der Waals surface area contributed by atoms with E-state index in [1.165, 1.54) is 13.0 Å². The quantitative estimate of drug-likeness (QED) is 0.770. The van der Waals surface area contributed by atoms with E-state index < -0.39 is 5.82 Å². The Morgan fingerprint density at radius 1 is 1.37 bits per heavy atom. The number of aromatic nitrogens is 3. The van der Waals surface area contributed by atoms with Crippen LogP contribution in [0.25, 0.3) is 0 Å². The first-order valence-electron chi connectivity index (χ1n) is 6.08. The number of carbonyl (C=O) groups excluding carboxylic acids is 1. The predicted octanol–water partition coefficient (Wildman–Crippen LogP) is 1.64. The van der Waals surface area contributed by atoms with Gasteiger partial charge in [0.15, 0.2) is 11.6 Å². The minimum Gasteiger partial charge on any atom is -0.362 e. The third-order valence-electron chi connectivity index (χ3n) is 3.32. The van der Waals surface area contributed by atoms with Crippen LogP contribution in [0.2, 0.25) is 0 Å². The fourth-order valence-corrected chi connectivity index (χ4v) is 2.40. The van der Waals surface area contributed by atoms with E-state index in [0.29, 0.717) is 18.8 Å². The Hall–Kier alpha value is -2.24. The highest BCUT2D eigenvalue weighted by molar-refractivity contribution is 6.00. The van der Waals surface area contributed by atoms with Crippen molar-refractivity contribution < 1.29 is 9.18 Å². The average molecular weight is 260 g/mol. The number of anilines is 1. The van der Waals surface area contributed by atoms with Crippen LogP contribution in [0.1, 0.15) is 23.1 Å². The Bertz CT molecular complexity index is 637. The standard InChI is InChI=1S/C13H13FN4O/c1-9(19)13-10(14)3-2-4-11(13)17-5-6-18-8-15-16-12(18)7-17/h2-4,8H,5-7H2,1H3. The first-order valence-corrected chi connectivity index (χ1v) is 6.08. The van der Waals surface area contributed by atoms with Crippen LogP contribution >= 0.6 is 0 Å². The van der Waals surface area contributed by atoms with Gasteiger partial charge >= 0.3 is 0 Å². The van der Waals surface area contributed by atoms with Crippen LogP contribution < -0.4 is 4.90 Å². The number of carbonyl (C=O) groups is 1. The summed E-state index contributed by atoms with van der Waals surface area (Å²) in [7, 11) is 0. The number of hydrogen-bond acceptors (Lipinski definition) is 4. The summed E-state index contributed by atoms with van der Waals surface area (Å²) in [6, 6.07) is 4.70. The van der Waals surface area contributed by atoms with E-state index in [4.69, 9.17) is 0 Å². The van der Waals surface area contributed by atoms with Crippen molar-refractivity contribution in [3.05, 3.63) is 41.7 Å². The molecular weight excluding hydrogens is 247 g/mol. The maximum absolute atomic E-state index is 13.8. The smallest absolute Gasteiger partial charge is 0.164 e. The number of hydrogen-bond donors (Lipinski definition) is 0. The molecule has 0 radical (unpaired) electrons. The second kappa shape index (κ2) is 4.46. The molecule has 3 rings (SSSR count). The van der Waals surface area contributed by atoms with Crippen LogP contribution in [0.15, 0.2) is 24.5 Å². The molecule has 0 aliphatic carbocycles.